The van der Waals surface area contributed by atoms with Gasteiger partial charge < -0.3 is 10.2 Å². The largest absolute Gasteiger partial charge is 0.508 e. The normalized spacial score (nSPS) is 12.5. The number of carboxylic acid groups (broad SMARTS) is 1. The van der Waals surface area contributed by atoms with Crippen molar-refractivity contribution in [2.24, 2.45) is 0 Å². The summed E-state index contributed by atoms with van der Waals surface area (Å²) in [4.78, 5) is 10.7. The van der Waals surface area contributed by atoms with Crippen LogP contribution in [0.25, 0.3) is 10.8 Å². The molecule has 2 aromatic rings. The Morgan fingerprint density at radius 3 is 2.65 bits per heavy atom. The minimum atomic E-state index is -0.857. The Morgan fingerprint density at radius 1 is 1.24 bits per heavy atom. The maximum atomic E-state index is 10.7. The van der Waals surface area contributed by atoms with E-state index in [1.165, 1.54) is 0 Å². The fraction of sp³-hybridized carbons (Fsp3) is 0.214. The summed E-state index contributed by atoms with van der Waals surface area (Å²) in [6, 6.07) is 11.1. The van der Waals surface area contributed by atoms with E-state index in [0.717, 1.165) is 10.8 Å². The van der Waals surface area contributed by atoms with E-state index >= 15 is 0 Å². The molecule has 0 bridgehead atoms. The quantitative estimate of drug-likeness (QED) is 0.851. The molecule has 2 rings (SSSR count). The molecule has 0 fully saturated rings. The van der Waals surface area contributed by atoms with Gasteiger partial charge in [-0.15, -0.1) is 0 Å². The number of hydrogen-bond acceptors (Lipinski definition) is 2. The molecule has 0 heterocycles. The van der Waals surface area contributed by atoms with Crippen LogP contribution in [0.3, 0.4) is 0 Å². The first-order valence-electron chi connectivity index (χ1n) is 5.52. The summed E-state index contributed by atoms with van der Waals surface area (Å²) in [5.74, 6) is -0.902. The van der Waals surface area contributed by atoms with Crippen molar-refractivity contribution >= 4 is 16.7 Å². The summed E-state index contributed by atoms with van der Waals surface area (Å²) < 4.78 is 0. The van der Waals surface area contributed by atoms with E-state index in [1.54, 1.807) is 6.07 Å². The number of rotatable bonds is 3. The van der Waals surface area contributed by atoms with Gasteiger partial charge in [-0.05, 0) is 22.8 Å². The lowest BCUT2D eigenvalue weighted by molar-refractivity contribution is -0.137. The lowest BCUT2D eigenvalue weighted by Crippen LogP contribution is -2.03. The second kappa shape index (κ2) is 4.45. The van der Waals surface area contributed by atoms with Crippen molar-refractivity contribution in [1.82, 2.24) is 0 Å². The van der Waals surface area contributed by atoms with E-state index in [0.29, 0.717) is 5.56 Å². The third-order valence-corrected chi connectivity index (χ3v) is 2.92. The van der Waals surface area contributed by atoms with Crippen LogP contribution < -0.4 is 0 Å². The molecule has 88 valence electrons. The first-order chi connectivity index (χ1) is 8.09. The molecule has 3 heteroatoms. The number of phenolic OH excluding ortho intramolecular Hbond substituents is 1. The molecule has 0 radical (unpaired) electrons. The van der Waals surface area contributed by atoms with Gasteiger partial charge in [0.2, 0.25) is 0 Å². The Bertz CT molecular complexity index is 560. The van der Waals surface area contributed by atoms with Crippen LogP contribution in [0.15, 0.2) is 36.4 Å². The average Bonchev–Trinajstić information content (AvgIpc) is 2.27. The van der Waals surface area contributed by atoms with E-state index in [9.17, 15) is 9.90 Å². The molecule has 3 nitrogen and oxygen atoms in total. The summed E-state index contributed by atoms with van der Waals surface area (Å²) in [6.07, 6.45) is 0.0154. The molecule has 1 unspecified atom stereocenters. The van der Waals surface area contributed by atoms with Gasteiger partial charge in [0.25, 0.3) is 0 Å². The lowest BCUT2D eigenvalue weighted by Gasteiger charge is -2.14. The van der Waals surface area contributed by atoms with Crippen LogP contribution >= 0.6 is 0 Å². The highest BCUT2D eigenvalue weighted by Crippen LogP contribution is 2.34. The highest BCUT2D eigenvalue weighted by atomic mass is 16.4. The van der Waals surface area contributed by atoms with Crippen molar-refractivity contribution in [3.63, 3.8) is 0 Å². The number of fused-ring (bicyclic) bond motifs is 1. The van der Waals surface area contributed by atoms with Crippen LogP contribution in [0.1, 0.15) is 24.8 Å². The Hall–Kier alpha value is -2.03. The maximum absolute atomic E-state index is 10.7. The molecule has 0 aliphatic rings. The third-order valence-electron chi connectivity index (χ3n) is 2.92. The summed E-state index contributed by atoms with van der Waals surface area (Å²) >= 11 is 0. The molecule has 0 saturated carbocycles. The smallest absolute Gasteiger partial charge is 0.303 e. The molecule has 17 heavy (non-hydrogen) atoms. The monoisotopic (exact) mass is 230 g/mol. The number of benzene rings is 2. The summed E-state index contributed by atoms with van der Waals surface area (Å²) in [6.45, 7) is 1.82. The molecule has 0 aromatic heterocycles. The van der Waals surface area contributed by atoms with Gasteiger partial charge in [0.05, 0.1) is 6.42 Å². The number of carboxylic acids is 1. The van der Waals surface area contributed by atoms with Gasteiger partial charge in [0.15, 0.2) is 0 Å². The fourth-order valence-corrected chi connectivity index (χ4v) is 2.17. The van der Waals surface area contributed by atoms with Gasteiger partial charge in [0.1, 0.15) is 5.75 Å². The molecule has 2 N–H and O–H groups in total. The van der Waals surface area contributed by atoms with Gasteiger partial charge in [0, 0.05) is 5.56 Å². The Balaban J connectivity index is 2.58. The predicted octanol–water partition coefficient (Wildman–Crippen LogP) is 3.12. The standard InChI is InChI=1S/C14H14O3/c1-9(8-13(16)17)14-11-5-3-2-4-10(11)6-7-12(14)15/h2-7,9,15H,8H2,1H3,(H,16,17). The molecule has 0 aliphatic heterocycles. The van der Waals surface area contributed by atoms with Crippen molar-refractivity contribution in [2.45, 2.75) is 19.3 Å². The van der Waals surface area contributed by atoms with E-state index in [2.05, 4.69) is 0 Å². The molecule has 0 amide bonds. The molecule has 0 spiro atoms. The van der Waals surface area contributed by atoms with Gasteiger partial charge in [-0.2, -0.15) is 0 Å². The Kier molecular flexibility index (Phi) is 3.00. The van der Waals surface area contributed by atoms with Gasteiger partial charge in [-0.25, -0.2) is 0 Å². The molecule has 1 atom stereocenters. The number of aliphatic carboxylic acids is 1. The zero-order chi connectivity index (χ0) is 12.4. The predicted molar refractivity (Wildman–Crippen MR) is 66.3 cm³/mol. The van der Waals surface area contributed by atoms with Crippen molar-refractivity contribution in [2.75, 3.05) is 0 Å². The van der Waals surface area contributed by atoms with Crippen molar-refractivity contribution in [3.05, 3.63) is 42.0 Å². The van der Waals surface area contributed by atoms with Crippen LogP contribution in [0.5, 0.6) is 5.75 Å². The first kappa shape index (κ1) is 11.5. The lowest BCUT2D eigenvalue weighted by atomic mass is 9.91. The van der Waals surface area contributed by atoms with E-state index in [1.807, 2.05) is 37.3 Å². The van der Waals surface area contributed by atoms with Gasteiger partial charge >= 0.3 is 5.97 Å². The number of hydrogen-bond donors (Lipinski definition) is 2. The van der Waals surface area contributed by atoms with Crippen molar-refractivity contribution in [1.29, 1.82) is 0 Å². The van der Waals surface area contributed by atoms with E-state index in [-0.39, 0.29) is 18.1 Å². The molecule has 0 aliphatic carbocycles. The molecule has 2 aromatic carbocycles. The number of carbonyl (C=O) groups is 1. The SMILES string of the molecule is CC(CC(=O)O)c1c(O)ccc2ccccc12. The van der Waals surface area contributed by atoms with Gasteiger partial charge in [-0.3, -0.25) is 4.79 Å². The van der Waals surface area contributed by atoms with E-state index < -0.39 is 5.97 Å². The Labute approximate surface area is 99.3 Å². The fourth-order valence-electron chi connectivity index (χ4n) is 2.17. The minimum Gasteiger partial charge on any atom is -0.508 e. The minimum absolute atomic E-state index is 0.0154. The third kappa shape index (κ3) is 2.23. The number of aromatic hydroxyl groups is 1. The zero-order valence-corrected chi connectivity index (χ0v) is 9.55. The van der Waals surface area contributed by atoms with Crippen LogP contribution in [-0.4, -0.2) is 16.2 Å². The molecule has 0 saturated heterocycles. The van der Waals surface area contributed by atoms with Crippen molar-refractivity contribution in [3.8, 4) is 5.75 Å². The topological polar surface area (TPSA) is 57.5 Å². The highest BCUT2D eigenvalue weighted by molar-refractivity contribution is 5.88. The summed E-state index contributed by atoms with van der Waals surface area (Å²) in [7, 11) is 0. The summed E-state index contributed by atoms with van der Waals surface area (Å²) in [5, 5.41) is 20.7. The zero-order valence-electron chi connectivity index (χ0n) is 9.55. The maximum Gasteiger partial charge on any atom is 0.303 e. The van der Waals surface area contributed by atoms with E-state index in [4.69, 9.17) is 5.11 Å². The first-order valence-corrected chi connectivity index (χ1v) is 5.52. The van der Waals surface area contributed by atoms with Crippen LogP contribution in [0, 0.1) is 0 Å². The summed E-state index contributed by atoms with van der Waals surface area (Å²) in [5.41, 5.74) is 0.713. The molecular formula is C14H14O3. The van der Waals surface area contributed by atoms with Crippen LogP contribution in [-0.2, 0) is 4.79 Å². The van der Waals surface area contributed by atoms with Crippen molar-refractivity contribution < 1.29 is 15.0 Å². The average molecular weight is 230 g/mol. The number of phenols is 1. The second-order valence-electron chi connectivity index (χ2n) is 4.22. The van der Waals surface area contributed by atoms with Crippen LogP contribution in [0.4, 0.5) is 0 Å². The second-order valence-corrected chi connectivity index (χ2v) is 4.22. The van der Waals surface area contributed by atoms with Crippen LogP contribution in [0.2, 0.25) is 0 Å². The van der Waals surface area contributed by atoms with Gasteiger partial charge in [-0.1, -0.05) is 37.3 Å². The molecular weight excluding hydrogens is 216 g/mol. The Morgan fingerprint density at radius 2 is 1.94 bits per heavy atom. The highest BCUT2D eigenvalue weighted by Gasteiger charge is 2.16.